The number of aryl methyl sites for hydroxylation is 1. The summed E-state index contributed by atoms with van der Waals surface area (Å²) in [6, 6.07) is 10.3. The molecule has 1 aromatic rings. The summed E-state index contributed by atoms with van der Waals surface area (Å²) in [6.45, 7) is 9.66. The first-order chi connectivity index (χ1) is 12.1. The van der Waals surface area contributed by atoms with Crippen molar-refractivity contribution < 1.29 is 23.9 Å². The molecule has 0 aromatic heterocycles. The fourth-order valence-electron chi connectivity index (χ4n) is 2.34. The van der Waals surface area contributed by atoms with Crippen LogP contribution in [0.2, 0.25) is 0 Å². The highest BCUT2D eigenvalue weighted by Crippen LogP contribution is 2.18. The van der Waals surface area contributed by atoms with Gasteiger partial charge in [0, 0.05) is 5.92 Å². The third-order valence-electron chi connectivity index (χ3n) is 3.64. The number of ether oxygens (including phenoxy) is 2. The highest BCUT2D eigenvalue weighted by molar-refractivity contribution is 5.95. The van der Waals surface area contributed by atoms with Crippen LogP contribution in [-0.4, -0.2) is 41.6 Å². The molecular weight excluding hydrogens is 334 g/mol. The molecular formula is C20H29NO5. The summed E-state index contributed by atoms with van der Waals surface area (Å²) >= 11 is 0. The molecule has 0 spiro atoms. The molecule has 0 bridgehead atoms. The topological polar surface area (TPSA) is 72.9 Å². The second-order valence-electron chi connectivity index (χ2n) is 7.15. The third kappa shape index (κ3) is 7.68. The third-order valence-corrected chi connectivity index (χ3v) is 3.64. The normalized spacial score (nSPS) is 14.8. The average Bonchev–Trinajstić information content (AvgIpc) is 2.97. The minimum Gasteiger partial charge on any atom is -0.460 e. The molecule has 1 atom stereocenters. The van der Waals surface area contributed by atoms with Crippen molar-refractivity contribution in [1.29, 1.82) is 0 Å². The number of amides is 2. The van der Waals surface area contributed by atoms with Gasteiger partial charge in [-0.05, 0) is 34.1 Å². The van der Waals surface area contributed by atoms with Gasteiger partial charge in [0.2, 0.25) is 5.91 Å². The predicted molar refractivity (Wildman–Crippen MR) is 98.5 cm³/mol. The zero-order chi connectivity index (χ0) is 19.7. The van der Waals surface area contributed by atoms with E-state index in [0.717, 1.165) is 4.90 Å². The van der Waals surface area contributed by atoms with E-state index < -0.39 is 23.6 Å². The summed E-state index contributed by atoms with van der Waals surface area (Å²) in [5.74, 6) is -1.34. The molecule has 1 aliphatic heterocycles. The number of hydrogen-bond acceptors (Lipinski definition) is 5. The van der Waals surface area contributed by atoms with Gasteiger partial charge in [0.05, 0.1) is 13.0 Å². The van der Waals surface area contributed by atoms with Crippen molar-refractivity contribution in [2.24, 2.45) is 5.92 Å². The quantitative estimate of drug-likeness (QED) is 0.762. The number of benzene rings is 1. The largest absolute Gasteiger partial charge is 0.460 e. The first-order valence-corrected chi connectivity index (χ1v) is 8.85. The lowest BCUT2D eigenvalue weighted by Crippen LogP contribution is -2.38. The molecule has 26 heavy (non-hydrogen) atoms. The predicted octanol–water partition coefficient (Wildman–Crippen LogP) is 3.72. The Labute approximate surface area is 155 Å². The van der Waals surface area contributed by atoms with Crippen molar-refractivity contribution in [2.75, 3.05) is 13.2 Å². The molecule has 0 radical (unpaired) electrons. The number of esters is 1. The van der Waals surface area contributed by atoms with Crippen LogP contribution in [0.3, 0.4) is 0 Å². The van der Waals surface area contributed by atoms with Crippen LogP contribution < -0.4 is 0 Å². The second kappa shape index (κ2) is 9.94. The first-order valence-electron chi connectivity index (χ1n) is 8.85. The SMILES string of the molecule is CCC(CC(=O)OC(C)(C)C)C(=O)N1CCOC1=O.Cc1ccccc1. The lowest BCUT2D eigenvalue weighted by molar-refractivity contribution is -0.158. The van der Waals surface area contributed by atoms with Crippen LogP contribution in [0.5, 0.6) is 0 Å². The van der Waals surface area contributed by atoms with Gasteiger partial charge in [-0.25, -0.2) is 9.69 Å². The molecule has 1 aliphatic rings. The van der Waals surface area contributed by atoms with Gasteiger partial charge < -0.3 is 9.47 Å². The molecule has 144 valence electrons. The van der Waals surface area contributed by atoms with Crippen LogP contribution in [0.1, 0.15) is 46.1 Å². The van der Waals surface area contributed by atoms with Gasteiger partial charge in [-0.1, -0.05) is 42.8 Å². The van der Waals surface area contributed by atoms with Crippen LogP contribution in [-0.2, 0) is 19.1 Å². The van der Waals surface area contributed by atoms with Gasteiger partial charge in [-0.15, -0.1) is 0 Å². The fraction of sp³-hybridized carbons (Fsp3) is 0.550. The molecule has 1 aromatic carbocycles. The van der Waals surface area contributed by atoms with E-state index in [0.29, 0.717) is 6.42 Å². The van der Waals surface area contributed by atoms with E-state index in [9.17, 15) is 14.4 Å². The molecule has 1 heterocycles. The highest BCUT2D eigenvalue weighted by Gasteiger charge is 2.34. The molecule has 2 amide bonds. The molecule has 1 fully saturated rings. The summed E-state index contributed by atoms with van der Waals surface area (Å²) in [7, 11) is 0. The number of nitrogens with zero attached hydrogens (tertiary/aromatic N) is 1. The van der Waals surface area contributed by atoms with Crippen LogP contribution >= 0.6 is 0 Å². The minimum absolute atomic E-state index is 0.0175. The highest BCUT2D eigenvalue weighted by atomic mass is 16.6. The monoisotopic (exact) mass is 363 g/mol. The first kappa shape index (κ1) is 21.7. The number of carbonyl (C=O) groups excluding carboxylic acids is 3. The van der Waals surface area contributed by atoms with E-state index in [1.807, 2.05) is 18.2 Å². The molecule has 6 nitrogen and oxygen atoms in total. The van der Waals surface area contributed by atoms with Crippen LogP contribution in [0.25, 0.3) is 0 Å². The average molecular weight is 363 g/mol. The van der Waals surface area contributed by atoms with E-state index in [4.69, 9.17) is 9.47 Å². The summed E-state index contributed by atoms with van der Waals surface area (Å²) < 4.78 is 9.90. The number of hydrogen-bond donors (Lipinski definition) is 0. The van der Waals surface area contributed by atoms with E-state index in [2.05, 4.69) is 19.1 Å². The van der Waals surface area contributed by atoms with E-state index in [1.54, 1.807) is 27.7 Å². The van der Waals surface area contributed by atoms with Crippen molar-refractivity contribution in [3.8, 4) is 0 Å². The maximum Gasteiger partial charge on any atom is 0.416 e. The van der Waals surface area contributed by atoms with Gasteiger partial charge in [0.25, 0.3) is 0 Å². The van der Waals surface area contributed by atoms with E-state index >= 15 is 0 Å². The van der Waals surface area contributed by atoms with Gasteiger partial charge in [0.15, 0.2) is 0 Å². The molecule has 0 saturated carbocycles. The summed E-state index contributed by atoms with van der Waals surface area (Å²) in [4.78, 5) is 36.2. The Kier molecular flexibility index (Phi) is 8.29. The Balaban J connectivity index is 0.000000401. The van der Waals surface area contributed by atoms with Gasteiger partial charge >= 0.3 is 12.1 Å². The summed E-state index contributed by atoms with van der Waals surface area (Å²) in [5.41, 5.74) is 0.743. The lowest BCUT2D eigenvalue weighted by Gasteiger charge is -2.22. The van der Waals surface area contributed by atoms with Gasteiger partial charge in [-0.3, -0.25) is 9.59 Å². The van der Waals surface area contributed by atoms with Crippen LogP contribution in [0, 0.1) is 12.8 Å². The van der Waals surface area contributed by atoms with Crippen LogP contribution in [0.4, 0.5) is 4.79 Å². The van der Waals surface area contributed by atoms with Crippen molar-refractivity contribution in [2.45, 2.75) is 53.1 Å². The number of rotatable bonds is 4. The smallest absolute Gasteiger partial charge is 0.416 e. The summed E-state index contributed by atoms with van der Waals surface area (Å²) in [6.07, 6.45) is -0.175. The van der Waals surface area contributed by atoms with Crippen LogP contribution in [0.15, 0.2) is 30.3 Å². The Hall–Kier alpha value is -2.37. The zero-order valence-electron chi connectivity index (χ0n) is 16.3. The minimum atomic E-state index is -0.632. The maximum atomic E-state index is 12.1. The van der Waals surface area contributed by atoms with Crippen molar-refractivity contribution in [3.63, 3.8) is 0 Å². The molecule has 1 unspecified atom stereocenters. The molecule has 0 aliphatic carbocycles. The van der Waals surface area contributed by atoms with Gasteiger partial charge in [0.1, 0.15) is 12.2 Å². The number of cyclic esters (lactones) is 1. The Morgan fingerprint density at radius 1 is 1.23 bits per heavy atom. The Morgan fingerprint density at radius 3 is 2.23 bits per heavy atom. The number of carbonyl (C=O) groups is 3. The second-order valence-corrected chi connectivity index (χ2v) is 7.15. The lowest BCUT2D eigenvalue weighted by atomic mass is 10.0. The maximum absolute atomic E-state index is 12.1. The van der Waals surface area contributed by atoms with Gasteiger partial charge in [-0.2, -0.15) is 0 Å². The molecule has 0 N–H and O–H groups in total. The molecule has 6 heteroatoms. The fourth-order valence-corrected chi connectivity index (χ4v) is 2.34. The Morgan fingerprint density at radius 2 is 1.85 bits per heavy atom. The van der Waals surface area contributed by atoms with Crippen molar-refractivity contribution in [1.82, 2.24) is 4.90 Å². The Bertz CT molecular complexity index is 606. The van der Waals surface area contributed by atoms with Crippen molar-refractivity contribution >= 4 is 18.0 Å². The molecule has 1 saturated heterocycles. The zero-order valence-corrected chi connectivity index (χ0v) is 16.3. The standard InChI is InChI=1S/C13H21NO5.C7H8/c1-5-9(8-10(15)19-13(2,3)4)11(16)14-6-7-18-12(14)17;1-7-5-3-2-4-6-7/h9H,5-8H2,1-4H3;2-6H,1H3. The number of imide groups is 1. The molecule has 2 rings (SSSR count). The van der Waals surface area contributed by atoms with Crippen molar-refractivity contribution in [3.05, 3.63) is 35.9 Å². The summed E-state index contributed by atoms with van der Waals surface area (Å²) in [5, 5.41) is 0. The van der Waals surface area contributed by atoms with E-state index in [-0.39, 0.29) is 25.5 Å². The van der Waals surface area contributed by atoms with E-state index in [1.165, 1.54) is 5.56 Å².